The smallest absolute Gasteiger partial charge is 0.119 e. The minimum absolute atomic E-state index is 0.0731. The summed E-state index contributed by atoms with van der Waals surface area (Å²) in [6.07, 6.45) is 0.0997. The number of aliphatic hydroxyl groups is 1. The Hall–Kier alpha value is -1.02. The summed E-state index contributed by atoms with van der Waals surface area (Å²) in [6.45, 7) is 1.94. The predicted molar refractivity (Wildman–Crippen MR) is 83.6 cm³/mol. The highest BCUT2D eigenvalue weighted by Crippen LogP contribution is 2.60. The van der Waals surface area contributed by atoms with Crippen molar-refractivity contribution >= 4 is 0 Å². The summed E-state index contributed by atoms with van der Waals surface area (Å²) in [5.74, 6) is 1.75. The van der Waals surface area contributed by atoms with Crippen LogP contribution in [0.3, 0.4) is 0 Å². The van der Waals surface area contributed by atoms with E-state index in [0.717, 1.165) is 25.0 Å². The normalized spacial score (nSPS) is 49.1. The van der Waals surface area contributed by atoms with E-state index in [1.807, 2.05) is 13.0 Å². The Bertz CT molecular complexity index is 673. The number of methoxy groups -OCH3 is 1. The van der Waals surface area contributed by atoms with Crippen molar-refractivity contribution in [3.63, 3.8) is 0 Å². The molecule has 0 heterocycles. The second-order valence-corrected chi connectivity index (χ2v) is 7.17. The molecule has 3 aliphatic carbocycles. The van der Waals surface area contributed by atoms with Crippen molar-refractivity contribution in [3.8, 4) is 5.75 Å². The number of rotatable bonds is 1. The summed E-state index contributed by atoms with van der Waals surface area (Å²) in [4.78, 5) is 0. The number of aryl methyl sites for hydroxylation is 1. The molecule has 0 saturated heterocycles. The minimum Gasteiger partial charge on any atom is -0.497 e. The van der Waals surface area contributed by atoms with Gasteiger partial charge in [0.1, 0.15) is 5.75 Å². The second kappa shape index (κ2) is 4.74. The van der Waals surface area contributed by atoms with Crippen LogP contribution in [-0.2, 0) is 6.42 Å². The van der Waals surface area contributed by atoms with Gasteiger partial charge in [-0.2, -0.15) is 0 Å². The molecule has 21 heavy (non-hydrogen) atoms. The maximum atomic E-state index is 10.7. The molecule has 2 fully saturated rings. The zero-order chi connectivity index (χ0) is 17.3. The van der Waals surface area contributed by atoms with Gasteiger partial charge in [-0.25, -0.2) is 0 Å². The van der Waals surface area contributed by atoms with Crippen LogP contribution in [-0.4, -0.2) is 18.3 Å². The third-order valence-electron chi connectivity index (χ3n) is 6.35. The van der Waals surface area contributed by atoms with Gasteiger partial charge in [0, 0.05) is 2.74 Å². The molecule has 0 spiro atoms. The summed E-state index contributed by atoms with van der Waals surface area (Å²) in [5.41, 5.74) is 2.07. The molecule has 0 radical (unpaired) electrons. The fourth-order valence-electron chi connectivity index (χ4n) is 5.08. The fourth-order valence-corrected chi connectivity index (χ4v) is 5.08. The van der Waals surface area contributed by atoms with E-state index < -0.39 is 17.9 Å². The molecule has 1 aromatic carbocycles. The van der Waals surface area contributed by atoms with Crippen LogP contribution >= 0.6 is 0 Å². The maximum Gasteiger partial charge on any atom is 0.119 e. The molecule has 0 amide bonds. The highest BCUT2D eigenvalue weighted by Gasteiger charge is 2.54. The molecule has 114 valence electrons. The van der Waals surface area contributed by atoms with E-state index >= 15 is 0 Å². The molecule has 2 nitrogen and oxygen atoms in total. The van der Waals surface area contributed by atoms with Gasteiger partial charge < -0.3 is 9.84 Å². The zero-order valence-corrected chi connectivity index (χ0v) is 12.9. The van der Waals surface area contributed by atoms with E-state index in [9.17, 15) is 5.11 Å². The molecule has 0 bridgehead atoms. The molecule has 2 saturated carbocycles. The molecular weight excluding hydrogens is 260 g/mol. The number of fused-ring (bicyclic) bond motifs is 5. The van der Waals surface area contributed by atoms with Gasteiger partial charge in [0.05, 0.1) is 14.6 Å². The Balaban J connectivity index is 1.72. The van der Waals surface area contributed by atoms with E-state index in [1.54, 1.807) is 7.11 Å². The maximum absolute atomic E-state index is 10.7. The van der Waals surface area contributed by atoms with Crippen LogP contribution in [0, 0.1) is 17.3 Å². The van der Waals surface area contributed by atoms with Crippen LogP contribution in [0.25, 0.3) is 0 Å². The van der Waals surface area contributed by atoms with E-state index in [-0.39, 0.29) is 5.92 Å². The monoisotopic (exact) mass is 289 g/mol. The summed E-state index contributed by atoms with van der Waals surface area (Å²) < 4.78 is 30.2. The molecule has 4 rings (SSSR count). The molecule has 1 N–H and O–H groups in total. The van der Waals surface area contributed by atoms with E-state index in [0.29, 0.717) is 24.7 Å². The van der Waals surface area contributed by atoms with E-state index in [4.69, 9.17) is 8.85 Å². The minimum atomic E-state index is -1.99. The highest BCUT2D eigenvalue weighted by atomic mass is 16.5. The molecule has 0 aromatic heterocycles. The lowest BCUT2D eigenvalue weighted by Crippen LogP contribution is -2.43. The second-order valence-electron chi connectivity index (χ2n) is 7.17. The van der Waals surface area contributed by atoms with Gasteiger partial charge in [0.25, 0.3) is 0 Å². The Morgan fingerprint density at radius 1 is 1.38 bits per heavy atom. The van der Waals surface area contributed by atoms with E-state index in [2.05, 4.69) is 12.1 Å². The first kappa shape index (κ1) is 10.7. The Morgan fingerprint density at radius 3 is 3.05 bits per heavy atom. The average Bonchev–Trinajstić information content (AvgIpc) is 2.70. The van der Waals surface area contributed by atoms with Crippen molar-refractivity contribution in [1.29, 1.82) is 0 Å². The Labute approximate surface area is 131 Å². The molecule has 2 heteroatoms. The third kappa shape index (κ3) is 1.88. The fraction of sp³-hybridized carbons (Fsp3) is 0.684. The van der Waals surface area contributed by atoms with Crippen LogP contribution in [0.1, 0.15) is 60.1 Å². The number of hydrogen-bond donors (Lipinski definition) is 1. The molecule has 0 unspecified atom stereocenters. The van der Waals surface area contributed by atoms with Gasteiger partial charge in [0.2, 0.25) is 0 Å². The van der Waals surface area contributed by atoms with Crippen molar-refractivity contribution in [3.05, 3.63) is 29.3 Å². The standard InChI is InChI=1S/C19H26O2/c1-19-10-9-15-14-6-4-13(21-2)11-12(14)3-5-16(15)17(19)7-8-18(19)20/h4,6,11,15-18,20H,3,5,7-10H2,1-2H3/t15-,16-,17+,18+,19+/m1/s1/i8D2,18D. The summed E-state index contributed by atoms with van der Waals surface area (Å²) in [7, 11) is 1.69. The number of benzene rings is 1. The highest BCUT2D eigenvalue weighted by molar-refractivity contribution is 5.40. The lowest BCUT2D eigenvalue weighted by molar-refractivity contribution is -0.0226. The summed E-state index contributed by atoms with van der Waals surface area (Å²) >= 11 is 0. The van der Waals surface area contributed by atoms with Crippen molar-refractivity contribution in [1.82, 2.24) is 0 Å². The van der Waals surface area contributed by atoms with E-state index in [1.165, 1.54) is 11.1 Å². The first-order valence-electron chi connectivity index (χ1n) is 9.60. The summed E-state index contributed by atoms with van der Waals surface area (Å²) in [5, 5.41) is 10.7. The topological polar surface area (TPSA) is 29.5 Å². The van der Waals surface area contributed by atoms with Crippen molar-refractivity contribution < 1.29 is 14.0 Å². The predicted octanol–water partition coefficient (Wildman–Crippen LogP) is 3.91. The third-order valence-corrected chi connectivity index (χ3v) is 6.35. The van der Waals surface area contributed by atoms with Crippen LogP contribution < -0.4 is 4.74 Å². The number of hydrogen-bond acceptors (Lipinski definition) is 2. The van der Waals surface area contributed by atoms with Crippen molar-refractivity contribution in [2.45, 2.75) is 57.4 Å². The van der Waals surface area contributed by atoms with Gasteiger partial charge >= 0.3 is 0 Å². The molecule has 3 aliphatic rings. The lowest BCUT2D eigenvalue weighted by atomic mass is 9.55. The van der Waals surface area contributed by atoms with Gasteiger partial charge in [-0.3, -0.25) is 0 Å². The molecular formula is C19H26O2. The van der Waals surface area contributed by atoms with Gasteiger partial charge in [0.15, 0.2) is 0 Å². The van der Waals surface area contributed by atoms with Crippen LogP contribution in [0.5, 0.6) is 5.75 Å². The van der Waals surface area contributed by atoms with Crippen LogP contribution in [0.15, 0.2) is 18.2 Å². The molecule has 1 aromatic rings. The van der Waals surface area contributed by atoms with Crippen molar-refractivity contribution in [2.24, 2.45) is 17.3 Å². The van der Waals surface area contributed by atoms with Gasteiger partial charge in [-0.15, -0.1) is 0 Å². The Kier molecular flexibility index (Phi) is 2.41. The molecule has 5 atom stereocenters. The molecule has 0 aliphatic heterocycles. The number of ether oxygens (including phenoxy) is 1. The average molecular weight is 289 g/mol. The van der Waals surface area contributed by atoms with Gasteiger partial charge in [-0.1, -0.05) is 13.0 Å². The quantitative estimate of drug-likeness (QED) is 0.849. The van der Waals surface area contributed by atoms with Crippen LogP contribution in [0.4, 0.5) is 0 Å². The van der Waals surface area contributed by atoms with Crippen molar-refractivity contribution in [2.75, 3.05) is 7.11 Å². The Morgan fingerprint density at radius 2 is 2.24 bits per heavy atom. The SMILES string of the molecule is [2H]C1([2H])C[C@H]2[C@@H]3CCc4cc(OC)ccc4[C@H]3CC[C@]2(C)[C@@]1([2H])O. The summed E-state index contributed by atoms with van der Waals surface area (Å²) in [6, 6.07) is 6.32. The largest absolute Gasteiger partial charge is 0.497 e. The van der Waals surface area contributed by atoms with Crippen LogP contribution in [0.2, 0.25) is 0 Å². The first-order valence-corrected chi connectivity index (χ1v) is 8.10. The van der Waals surface area contributed by atoms with Gasteiger partial charge in [-0.05, 0) is 84.9 Å². The lowest BCUT2D eigenvalue weighted by Gasteiger charge is -2.50. The first-order chi connectivity index (χ1) is 11.2. The zero-order valence-electron chi connectivity index (χ0n) is 15.9.